The second kappa shape index (κ2) is 5.69. The second-order valence-corrected chi connectivity index (χ2v) is 7.56. The molecule has 2 N–H and O–H groups in total. The minimum atomic E-state index is -0.146. The fourth-order valence-corrected chi connectivity index (χ4v) is 5.09. The molecule has 0 spiro atoms. The lowest BCUT2D eigenvalue weighted by Gasteiger charge is -2.37. The van der Waals surface area contributed by atoms with Crippen molar-refractivity contribution < 1.29 is 4.79 Å². The van der Waals surface area contributed by atoms with Crippen LogP contribution in [0.2, 0.25) is 0 Å². The normalized spacial score (nSPS) is 36.6. The first kappa shape index (κ1) is 14.3. The summed E-state index contributed by atoms with van der Waals surface area (Å²) in [4.78, 5) is 13.2. The monoisotopic (exact) mass is 298 g/mol. The van der Waals surface area contributed by atoms with Crippen LogP contribution in [0.5, 0.6) is 0 Å². The summed E-state index contributed by atoms with van der Waals surface area (Å²) in [5.74, 6) is 1.70. The molecule has 2 saturated carbocycles. The molecule has 1 aromatic carbocycles. The maximum Gasteiger partial charge on any atom is 0.227 e. The number of nitrogens with one attached hydrogen (secondary N) is 2. The lowest BCUT2D eigenvalue weighted by Crippen LogP contribution is -2.50. The molecule has 118 valence electrons. The van der Waals surface area contributed by atoms with Crippen LogP contribution >= 0.6 is 0 Å². The van der Waals surface area contributed by atoms with E-state index in [2.05, 4.69) is 41.0 Å². The van der Waals surface area contributed by atoms with Crippen molar-refractivity contribution in [3.8, 4) is 0 Å². The van der Waals surface area contributed by atoms with Gasteiger partial charge >= 0.3 is 0 Å². The molecule has 2 aliphatic carbocycles. The van der Waals surface area contributed by atoms with E-state index in [0.29, 0.717) is 17.9 Å². The van der Waals surface area contributed by atoms with Crippen LogP contribution in [0.1, 0.15) is 37.7 Å². The standard InChI is InChI=1S/C19H26N2O/c22-18(21-17-8-9-20-13-17)19(11-14-4-2-1-3-5-14)12-15-6-7-16(19)10-15/h1-5,15-17,20H,6-13H2,(H,21,22). The Labute approximate surface area is 132 Å². The van der Waals surface area contributed by atoms with E-state index in [1.807, 2.05) is 0 Å². The van der Waals surface area contributed by atoms with Crippen LogP contribution in [0.15, 0.2) is 30.3 Å². The van der Waals surface area contributed by atoms with Crippen LogP contribution in [-0.2, 0) is 11.2 Å². The number of rotatable bonds is 4. The fourth-order valence-electron chi connectivity index (χ4n) is 5.09. The number of amides is 1. The van der Waals surface area contributed by atoms with Gasteiger partial charge in [-0.3, -0.25) is 4.79 Å². The van der Waals surface area contributed by atoms with E-state index in [9.17, 15) is 4.79 Å². The molecule has 3 heteroatoms. The zero-order chi connectivity index (χ0) is 15.0. The molecule has 1 aromatic rings. The van der Waals surface area contributed by atoms with Crippen molar-refractivity contribution >= 4 is 5.91 Å². The van der Waals surface area contributed by atoms with E-state index in [-0.39, 0.29) is 5.41 Å². The average molecular weight is 298 g/mol. The van der Waals surface area contributed by atoms with Crippen molar-refractivity contribution in [1.29, 1.82) is 0 Å². The van der Waals surface area contributed by atoms with E-state index in [1.165, 1.54) is 24.8 Å². The first-order chi connectivity index (χ1) is 10.8. The van der Waals surface area contributed by atoms with Crippen molar-refractivity contribution in [2.24, 2.45) is 17.3 Å². The Morgan fingerprint density at radius 2 is 2.09 bits per heavy atom. The molecule has 2 bridgehead atoms. The molecular formula is C19H26N2O. The van der Waals surface area contributed by atoms with Crippen molar-refractivity contribution in [2.45, 2.75) is 44.6 Å². The molecule has 0 aromatic heterocycles. The lowest BCUT2D eigenvalue weighted by molar-refractivity contribution is -0.134. The lowest BCUT2D eigenvalue weighted by atomic mass is 9.68. The van der Waals surface area contributed by atoms with Crippen LogP contribution in [0, 0.1) is 17.3 Å². The minimum Gasteiger partial charge on any atom is -0.352 e. The Kier molecular flexibility index (Phi) is 3.69. The maximum absolute atomic E-state index is 13.2. The molecule has 4 unspecified atom stereocenters. The average Bonchev–Trinajstić information content (AvgIpc) is 3.25. The van der Waals surface area contributed by atoms with Gasteiger partial charge in [0, 0.05) is 12.6 Å². The molecular weight excluding hydrogens is 272 g/mol. The number of fused-ring (bicyclic) bond motifs is 2. The third-order valence-corrected chi connectivity index (χ3v) is 6.19. The number of benzene rings is 1. The Bertz CT molecular complexity index is 538. The van der Waals surface area contributed by atoms with Gasteiger partial charge in [0.15, 0.2) is 0 Å². The molecule has 22 heavy (non-hydrogen) atoms. The van der Waals surface area contributed by atoms with Crippen LogP contribution < -0.4 is 10.6 Å². The van der Waals surface area contributed by atoms with Gasteiger partial charge in [-0.25, -0.2) is 0 Å². The summed E-state index contributed by atoms with van der Waals surface area (Å²) < 4.78 is 0. The Balaban J connectivity index is 1.57. The Hall–Kier alpha value is -1.35. The van der Waals surface area contributed by atoms with E-state index in [0.717, 1.165) is 38.3 Å². The van der Waals surface area contributed by atoms with Gasteiger partial charge in [0.2, 0.25) is 5.91 Å². The molecule has 1 saturated heterocycles. The van der Waals surface area contributed by atoms with E-state index < -0.39 is 0 Å². The van der Waals surface area contributed by atoms with Crippen LogP contribution in [-0.4, -0.2) is 25.0 Å². The molecule has 4 rings (SSSR count). The van der Waals surface area contributed by atoms with E-state index in [4.69, 9.17) is 0 Å². The summed E-state index contributed by atoms with van der Waals surface area (Å²) in [5, 5.41) is 6.72. The maximum atomic E-state index is 13.2. The van der Waals surface area contributed by atoms with Crippen LogP contribution in [0.25, 0.3) is 0 Å². The zero-order valence-electron chi connectivity index (χ0n) is 13.2. The van der Waals surface area contributed by atoms with Crippen molar-refractivity contribution in [1.82, 2.24) is 10.6 Å². The highest BCUT2D eigenvalue weighted by Crippen LogP contribution is 2.57. The van der Waals surface area contributed by atoms with Crippen molar-refractivity contribution in [2.75, 3.05) is 13.1 Å². The highest BCUT2D eigenvalue weighted by molar-refractivity contribution is 5.84. The van der Waals surface area contributed by atoms with Gasteiger partial charge < -0.3 is 10.6 Å². The first-order valence-corrected chi connectivity index (χ1v) is 8.82. The highest BCUT2D eigenvalue weighted by atomic mass is 16.2. The van der Waals surface area contributed by atoms with Gasteiger partial charge in [-0.2, -0.15) is 0 Å². The second-order valence-electron chi connectivity index (χ2n) is 7.56. The van der Waals surface area contributed by atoms with Crippen LogP contribution in [0.3, 0.4) is 0 Å². The summed E-state index contributed by atoms with van der Waals surface area (Å²) in [6, 6.07) is 10.9. The highest BCUT2D eigenvalue weighted by Gasteiger charge is 2.55. The number of hydrogen-bond donors (Lipinski definition) is 2. The van der Waals surface area contributed by atoms with Gasteiger partial charge in [-0.15, -0.1) is 0 Å². The minimum absolute atomic E-state index is 0.146. The summed E-state index contributed by atoms with van der Waals surface area (Å²) in [6.45, 7) is 1.96. The van der Waals surface area contributed by atoms with Gasteiger partial charge in [0.1, 0.15) is 0 Å². The zero-order valence-corrected chi connectivity index (χ0v) is 13.2. The van der Waals surface area contributed by atoms with E-state index >= 15 is 0 Å². The number of carbonyl (C=O) groups is 1. The smallest absolute Gasteiger partial charge is 0.227 e. The molecule has 1 amide bonds. The molecule has 3 fully saturated rings. The molecule has 4 atom stereocenters. The summed E-state index contributed by atoms with van der Waals surface area (Å²) in [7, 11) is 0. The Morgan fingerprint density at radius 3 is 2.73 bits per heavy atom. The molecule has 3 nitrogen and oxygen atoms in total. The van der Waals surface area contributed by atoms with Gasteiger partial charge in [-0.1, -0.05) is 36.8 Å². The summed E-state index contributed by atoms with van der Waals surface area (Å²) in [5.41, 5.74) is 1.17. The molecule has 1 heterocycles. The summed E-state index contributed by atoms with van der Waals surface area (Å²) in [6.07, 6.45) is 6.93. The Morgan fingerprint density at radius 1 is 1.23 bits per heavy atom. The SMILES string of the molecule is O=C(NC1CCNC1)C1(Cc2ccccc2)CC2CCC1C2. The molecule has 3 aliphatic rings. The third kappa shape index (κ3) is 2.45. The predicted molar refractivity (Wildman–Crippen MR) is 87.4 cm³/mol. The van der Waals surface area contributed by atoms with Crippen molar-refractivity contribution in [3.63, 3.8) is 0 Å². The third-order valence-electron chi connectivity index (χ3n) is 6.19. The fraction of sp³-hybridized carbons (Fsp3) is 0.632. The predicted octanol–water partition coefficient (Wildman–Crippen LogP) is 2.51. The van der Waals surface area contributed by atoms with Gasteiger partial charge in [0.05, 0.1) is 5.41 Å². The van der Waals surface area contributed by atoms with Crippen LogP contribution in [0.4, 0.5) is 0 Å². The topological polar surface area (TPSA) is 41.1 Å². The molecule has 1 aliphatic heterocycles. The van der Waals surface area contributed by atoms with Crippen molar-refractivity contribution in [3.05, 3.63) is 35.9 Å². The van der Waals surface area contributed by atoms with Gasteiger partial charge in [-0.05, 0) is 56.0 Å². The number of carbonyl (C=O) groups excluding carboxylic acids is 1. The summed E-state index contributed by atoms with van der Waals surface area (Å²) >= 11 is 0. The van der Waals surface area contributed by atoms with E-state index in [1.54, 1.807) is 0 Å². The first-order valence-electron chi connectivity index (χ1n) is 8.82. The van der Waals surface area contributed by atoms with Gasteiger partial charge in [0.25, 0.3) is 0 Å². The number of hydrogen-bond acceptors (Lipinski definition) is 2. The largest absolute Gasteiger partial charge is 0.352 e. The molecule has 0 radical (unpaired) electrons. The quantitative estimate of drug-likeness (QED) is 0.897.